The van der Waals surface area contributed by atoms with Gasteiger partial charge in [0.15, 0.2) is 5.13 Å². The molecule has 0 aliphatic rings. The van der Waals surface area contributed by atoms with Gasteiger partial charge in [-0.1, -0.05) is 0 Å². The molecule has 0 amide bonds. The van der Waals surface area contributed by atoms with Crippen molar-refractivity contribution < 1.29 is 4.74 Å². The summed E-state index contributed by atoms with van der Waals surface area (Å²) in [7, 11) is 0. The Labute approximate surface area is 137 Å². The van der Waals surface area contributed by atoms with Gasteiger partial charge in [0.1, 0.15) is 23.3 Å². The van der Waals surface area contributed by atoms with Crippen LogP contribution >= 0.6 is 11.3 Å². The van der Waals surface area contributed by atoms with Gasteiger partial charge in [0, 0.05) is 11.6 Å². The minimum atomic E-state index is 0.475. The molecule has 0 saturated heterocycles. The summed E-state index contributed by atoms with van der Waals surface area (Å²) in [6.07, 6.45) is 3.31. The third kappa shape index (κ3) is 3.44. The first kappa shape index (κ1) is 14.9. The van der Waals surface area contributed by atoms with E-state index in [1.807, 2.05) is 24.4 Å². The van der Waals surface area contributed by atoms with Gasteiger partial charge in [0.05, 0.1) is 24.1 Å². The topological polar surface area (TPSA) is 83.7 Å². The number of nitrogens with zero attached hydrogens (tertiary/aromatic N) is 4. The molecule has 0 atom stereocenters. The van der Waals surface area contributed by atoms with E-state index in [1.165, 1.54) is 11.3 Å². The highest BCUT2D eigenvalue weighted by atomic mass is 32.1. The molecule has 0 saturated carbocycles. The lowest BCUT2D eigenvalue weighted by Crippen LogP contribution is -1.96. The Morgan fingerprint density at radius 1 is 1.26 bits per heavy atom. The van der Waals surface area contributed by atoms with Gasteiger partial charge in [-0.25, -0.2) is 9.97 Å². The van der Waals surface area contributed by atoms with Crippen molar-refractivity contribution in [3.8, 4) is 23.2 Å². The van der Waals surface area contributed by atoms with Crippen LogP contribution in [0.2, 0.25) is 0 Å². The molecule has 23 heavy (non-hydrogen) atoms. The van der Waals surface area contributed by atoms with Crippen molar-refractivity contribution in [2.24, 2.45) is 0 Å². The lowest BCUT2D eigenvalue weighted by molar-refractivity contribution is 0.339. The average Bonchev–Trinajstić information content (AvgIpc) is 3.05. The van der Waals surface area contributed by atoms with Gasteiger partial charge in [0.25, 0.3) is 0 Å². The third-order valence-electron chi connectivity index (χ3n) is 2.97. The van der Waals surface area contributed by atoms with Crippen molar-refractivity contribution in [2.75, 3.05) is 11.9 Å². The summed E-state index contributed by atoms with van der Waals surface area (Å²) in [4.78, 5) is 13.0. The molecular weight excluding hydrogens is 310 g/mol. The van der Waals surface area contributed by atoms with Crippen LogP contribution in [0.15, 0.2) is 42.0 Å². The van der Waals surface area contributed by atoms with Crippen LogP contribution in [-0.4, -0.2) is 21.6 Å². The predicted octanol–water partition coefficient (Wildman–Crippen LogP) is 3.61. The lowest BCUT2D eigenvalue weighted by Gasteiger charge is -2.03. The fraction of sp³-hybridized carbons (Fsp3) is 0.125. The van der Waals surface area contributed by atoms with E-state index in [9.17, 15) is 0 Å². The molecule has 7 heteroatoms. The van der Waals surface area contributed by atoms with Crippen LogP contribution in [0.1, 0.15) is 12.5 Å². The first-order chi connectivity index (χ1) is 11.3. The van der Waals surface area contributed by atoms with Gasteiger partial charge in [-0.05, 0) is 31.2 Å². The fourth-order valence-electron chi connectivity index (χ4n) is 1.93. The van der Waals surface area contributed by atoms with Crippen molar-refractivity contribution in [1.82, 2.24) is 15.0 Å². The average molecular weight is 323 g/mol. The van der Waals surface area contributed by atoms with Crippen LogP contribution in [0, 0.1) is 11.3 Å². The Hall–Kier alpha value is -2.98. The van der Waals surface area contributed by atoms with Gasteiger partial charge in [-0.3, -0.25) is 4.98 Å². The highest BCUT2D eigenvalue weighted by Gasteiger charge is 2.09. The molecule has 0 unspecified atom stereocenters. The lowest BCUT2D eigenvalue weighted by atomic mass is 10.3. The normalized spacial score (nSPS) is 10.1. The molecule has 0 radical (unpaired) electrons. The minimum Gasteiger partial charge on any atom is -0.492 e. The molecule has 6 nitrogen and oxygen atoms in total. The van der Waals surface area contributed by atoms with Crippen molar-refractivity contribution in [1.29, 1.82) is 5.26 Å². The number of hydrogen-bond donors (Lipinski definition) is 1. The molecule has 3 aromatic heterocycles. The summed E-state index contributed by atoms with van der Waals surface area (Å²) < 4.78 is 5.37. The van der Waals surface area contributed by atoms with Crippen molar-refractivity contribution >= 4 is 22.3 Å². The number of thiazole rings is 1. The fourth-order valence-corrected chi connectivity index (χ4v) is 2.63. The molecule has 3 heterocycles. The van der Waals surface area contributed by atoms with E-state index in [1.54, 1.807) is 24.5 Å². The zero-order valence-electron chi connectivity index (χ0n) is 12.4. The zero-order chi connectivity index (χ0) is 16.1. The summed E-state index contributed by atoms with van der Waals surface area (Å²) in [5, 5.41) is 14.7. The first-order valence-electron chi connectivity index (χ1n) is 6.97. The highest BCUT2D eigenvalue weighted by molar-refractivity contribution is 7.14. The molecule has 3 rings (SSSR count). The van der Waals surface area contributed by atoms with Crippen LogP contribution in [0.4, 0.5) is 10.9 Å². The van der Waals surface area contributed by atoms with Crippen LogP contribution in [0.5, 0.6) is 5.75 Å². The van der Waals surface area contributed by atoms with Crippen LogP contribution in [0.25, 0.3) is 11.4 Å². The number of aromatic nitrogens is 3. The third-order valence-corrected chi connectivity index (χ3v) is 3.73. The van der Waals surface area contributed by atoms with Gasteiger partial charge < -0.3 is 10.1 Å². The van der Waals surface area contributed by atoms with E-state index in [2.05, 4.69) is 26.3 Å². The molecule has 3 aromatic rings. The number of pyridine rings is 2. The number of nitrogens with one attached hydrogen (secondary N) is 1. The molecule has 0 aliphatic carbocycles. The van der Waals surface area contributed by atoms with Crippen molar-refractivity contribution in [2.45, 2.75) is 6.92 Å². The summed E-state index contributed by atoms with van der Waals surface area (Å²) >= 11 is 1.43. The monoisotopic (exact) mass is 323 g/mol. The number of nitriles is 1. The Morgan fingerprint density at radius 2 is 2.17 bits per heavy atom. The second-order valence-corrected chi connectivity index (χ2v) is 5.34. The van der Waals surface area contributed by atoms with Crippen LogP contribution in [-0.2, 0) is 0 Å². The molecule has 0 spiro atoms. The summed E-state index contributed by atoms with van der Waals surface area (Å²) in [6.45, 7) is 2.54. The summed E-state index contributed by atoms with van der Waals surface area (Å²) in [6, 6.07) is 9.26. The molecule has 0 aromatic carbocycles. The van der Waals surface area contributed by atoms with Crippen molar-refractivity contribution in [3.63, 3.8) is 0 Å². The number of anilines is 2. The molecular formula is C16H13N5OS. The Balaban J connectivity index is 1.79. The molecule has 0 bridgehead atoms. The summed E-state index contributed by atoms with van der Waals surface area (Å²) in [5.41, 5.74) is 2.00. The quantitative estimate of drug-likeness (QED) is 0.772. The standard InChI is InChI=1S/C16H13N5OS/c1-2-22-12-5-6-13(19-9-12)14-10-23-16(20-14)21-15-11(8-17)4-3-7-18-15/h3-7,9-10H,2H2,1H3,(H,18,20,21). The SMILES string of the molecule is CCOc1ccc(-c2csc(Nc3ncccc3C#N)n2)nc1. The van der Waals surface area contributed by atoms with E-state index in [0.717, 1.165) is 17.1 Å². The van der Waals surface area contributed by atoms with Crippen LogP contribution in [0.3, 0.4) is 0 Å². The van der Waals surface area contributed by atoms with Gasteiger partial charge in [-0.2, -0.15) is 5.26 Å². The number of rotatable bonds is 5. The maximum Gasteiger partial charge on any atom is 0.188 e. The number of hydrogen-bond acceptors (Lipinski definition) is 7. The molecule has 0 fully saturated rings. The summed E-state index contributed by atoms with van der Waals surface area (Å²) in [5.74, 6) is 1.23. The molecule has 0 aliphatic heterocycles. The predicted molar refractivity (Wildman–Crippen MR) is 88.7 cm³/mol. The van der Waals surface area contributed by atoms with Gasteiger partial charge >= 0.3 is 0 Å². The zero-order valence-corrected chi connectivity index (χ0v) is 13.2. The molecule has 1 N–H and O–H groups in total. The van der Waals surface area contributed by atoms with Crippen molar-refractivity contribution in [3.05, 3.63) is 47.6 Å². The van der Waals surface area contributed by atoms with E-state index >= 15 is 0 Å². The Bertz CT molecular complexity index is 838. The minimum absolute atomic E-state index is 0.475. The molecule has 114 valence electrons. The van der Waals surface area contributed by atoms with E-state index in [0.29, 0.717) is 23.1 Å². The Kier molecular flexibility index (Phi) is 4.45. The number of ether oxygens (including phenoxy) is 1. The Morgan fingerprint density at radius 3 is 2.91 bits per heavy atom. The first-order valence-corrected chi connectivity index (χ1v) is 7.85. The maximum atomic E-state index is 9.08. The second kappa shape index (κ2) is 6.85. The maximum absolute atomic E-state index is 9.08. The highest BCUT2D eigenvalue weighted by Crippen LogP contribution is 2.27. The largest absolute Gasteiger partial charge is 0.492 e. The second-order valence-electron chi connectivity index (χ2n) is 4.49. The van der Waals surface area contributed by atoms with E-state index in [4.69, 9.17) is 10.00 Å². The van der Waals surface area contributed by atoms with Crippen LogP contribution < -0.4 is 10.1 Å². The van der Waals surface area contributed by atoms with Gasteiger partial charge in [-0.15, -0.1) is 11.3 Å². The van der Waals surface area contributed by atoms with E-state index in [-0.39, 0.29) is 0 Å². The smallest absolute Gasteiger partial charge is 0.188 e. The van der Waals surface area contributed by atoms with Gasteiger partial charge in [0.2, 0.25) is 0 Å². The van der Waals surface area contributed by atoms with E-state index < -0.39 is 0 Å².